The predicted molar refractivity (Wildman–Crippen MR) is 90.0 cm³/mol. The number of likely N-dealkylation sites (N-methyl/N-ethyl adjacent to an activating group) is 2. The third-order valence-electron chi connectivity index (χ3n) is 3.08. The van der Waals surface area contributed by atoms with Gasteiger partial charge in [0, 0.05) is 30.8 Å². The fraction of sp³-hybridized carbons (Fsp3) is 0.562. The van der Waals surface area contributed by atoms with E-state index in [0.717, 1.165) is 24.3 Å². The Kier molecular flexibility index (Phi) is 7.54. The summed E-state index contributed by atoms with van der Waals surface area (Å²) in [4.78, 5) is 13.7. The molecule has 0 saturated heterocycles. The van der Waals surface area contributed by atoms with Crippen LogP contribution < -0.4 is 15.5 Å². The van der Waals surface area contributed by atoms with E-state index in [1.54, 1.807) is 0 Å². The fourth-order valence-electron chi connectivity index (χ4n) is 2.12. The molecular weight excluding hydrogens is 286 g/mol. The first-order valence-corrected chi connectivity index (χ1v) is 7.78. The molecule has 0 radical (unpaired) electrons. The topological polar surface area (TPSA) is 44.4 Å². The Morgan fingerprint density at radius 1 is 1.38 bits per heavy atom. The molecule has 0 aliphatic heterocycles. The molecule has 0 unspecified atom stereocenters. The molecule has 0 heterocycles. The number of hydrogen-bond donors (Lipinski definition) is 2. The van der Waals surface area contributed by atoms with E-state index in [9.17, 15) is 4.79 Å². The summed E-state index contributed by atoms with van der Waals surface area (Å²) in [5.41, 5.74) is 2.14. The SMILES string of the molecule is CCNC(=O)CN(C)c1ccc(Cl)cc1CNCC(C)C. The number of anilines is 1. The highest BCUT2D eigenvalue weighted by Gasteiger charge is 2.11. The van der Waals surface area contributed by atoms with Gasteiger partial charge in [0.25, 0.3) is 0 Å². The third-order valence-corrected chi connectivity index (χ3v) is 3.31. The summed E-state index contributed by atoms with van der Waals surface area (Å²) < 4.78 is 0. The van der Waals surface area contributed by atoms with Crippen LogP contribution in [-0.2, 0) is 11.3 Å². The van der Waals surface area contributed by atoms with Crippen LogP contribution in [0.5, 0.6) is 0 Å². The van der Waals surface area contributed by atoms with Crippen LogP contribution in [0.3, 0.4) is 0 Å². The van der Waals surface area contributed by atoms with Crippen molar-refractivity contribution < 1.29 is 4.79 Å². The summed E-state index contributed by atoms with van der Waals surface area (Å²) in [7, 11) is 1.92. The van der Waals surface area contributed by atoms with E-state index in [4.69, 9.17) is 11.6 Å². The van der Waals surface area contributed by atoms with Crippen LogP contribution in [0, 0.1) is 5.92 Å². The molecule has 1 amide bonds. The molecule has 118 valence electrons. The molecule has 1 aromatic carbocycles. The van der Waals surface area contributed by atoms with Crippen LogP contribution in [0.4, 0.5) is 5.69 Å². The van der Waals surface area contributed by atoms with E-state index in [1.807, 2.05) is 37.1 Å². The lowest BCUT2D eigenvalue weighted by Gasteiger charge is -2.22. The molecule has 0 aliphatic rings. The van der Waals surface area contributed by atoms with Crippen molar-refractivity contribution in [1.29, 1.82) is 0 Å². The van der Waals surface area contributed by atoms with Crippen molar-refractivity contribution in [1.82, 2.24) is 10.6 Å². The Morgan fingerprint density at radius 3 is 2.71 bits per heavy atom. The Hall–Kier alpha value is -1.26. The lowest BCUT2D eigenvalue weighted by Crippen LogP contribution is -2.35. The number of benzene rings is 1. The van der Waals surface area contributed by atoms with Gasteiger partial charge in [0.05, 0.1) is 6.54 Å². The van der Waals surface area contributed by atoms with Crippen molar-refractivity contribution in [3.63, 3.8) is 0 Å². The Bertz CT molecular complexity index is 463. The van der Waals surface area contributed by atoms with Crippen LogP contribution in [0.25, 0.3) is 0 Å². The summed E-state index contributed by atoms with van der Waals surface area (Å²) in [6.45, 7) is 8.95. The van der Waals surface area contributed by atoms with Crippen LogP contribution in [-0.4, -0.2) is 32.6 Å². The summed E-state index contributed by atoms with van der Waals surface area (Å²) in [6, 6.07) is 5.78. The quantitative estimate of drug-likeness (QED) is 0.776. The second kappa shape index (κ2) is 8.90. The number of halogens is 1. The van der Waals surface area contributed by atoms with Gasteiger partial charge in [-0.25, -0.2) is 0 Å². The van der Waals surface area contributed by atoms with Gasteiger partial charge < -0.3 is 15.5 Å². The maximum Gasteiger partial charge on any atom is 0.239 e. The number of nitrogens with zero attached hydrogens (tertiary/aromatic N) is 1. The van der Waals surface area contributed by atoms with Gasteiger partial charge in [0.1, 0.15) is 0 Å². The molecule has 2 N–H and O–H groups in total. The van der Waals surface area contributed by atoms with Crippen molar-refractivity contribution >= 4 is 23.2 Å². The molecule has 0 fully saturated rings. The zero-order chi connectivity index (χ0) is 15.8. The minimum absolute atomic E-state index is 0.0241. The van der Waals surface area contributed by atoms with Crippen LogP contribution in [0.1, 0.15) is 26.3 Å². The monoisotopic (exact) mass is 311 g/mol. The summed E-state index contributed by atoms with van der Waals surface area (Å²) in [5.74, 6) is 0.622. The van der Waals surface area contributed by atoms with Gasteiger partial charge in [0.15, 0.2) is 0 Å². The first-order valence-electron chi connectivity index (χ1n) is 7.41. The van der Waals surface area contributed by atoms with Gasteiger partial charge in [-0.2, -0.15) is 0 Å². The molecule has 1 rings (SSSR count). The molecule has 0 spiro atoms. The van der Waals surface area contributed by atoms with Crippen molar-refractivity contribution in [3.05, 3.63) is 28.8 Å². The molecule has 21 heavy (non-hydrogen) atoms. The van der Waals surface area contributed by atoms with E-state index in [-0.39, 0.29) is 5.91 Å². The molecule has 5 heteroatoms. The Balaban J connectivity index is 2.77. The second-order valence-electron chi connectivity index (χ2n) is 5.61. The highest BCUT2D eigenvalue weighted by molar-refractivity contribution is 6.30. The average Bonchev–Trinajstić information content (AvgIpc) is 2.38. The maximum absolute atomic E-state index is 11.7. The zero-order valence-corrected chi connectivity index (χ0v) is 14.1. The van der Waals surface area contributed by atoms with Crippen molar-refractivity contribution in [2.45, 2.75) is 27.3 Å². The largest absolute Gasteiger partial charge is 0.365 e. The standard InChI is InChI=1S/C16H26ClN3O/c1-5-19-16(21)11-20(4)15-7-6-14(17)8-13(15)10-18-9-12(2)3/h6-8,12,18H,5,9-11H2,1-4H3,(H,19,21). The van der Waals surface area contributed by atoms with Crippen molar-refractivity contribution in [2.24, 2.45) is 5.92 Å². The molecule has 0 saturated carbocycles. The lowest BCUT2D eigenvalue weighted by molar-refractivity contribution is -0.119. The average molecular weight is 312 g/mol. The number of carbonyl (C=O) groups is 1. The predicted octanol–water partition coefficient (Wildman–Crippen LogP) is 2.66. The number of amides is 1. The molecule has 4 nitrogen and oxygen atoms in total. The second-order valence-corrected chi connectivity index (χ2v) is 6.04. The minimum Gasteiger partial charge on any atom is -0.365 e. The summed E-state index contributed by atoms with van der Waals surface area (Å²) >= 11 is 6.09. The van der Waals surface area contributed by atoms with Gasteiger partial charge in [-0.3, -0.25) is 4.79 Å². The smallest absolute Gasteiger partial charge is 0.239 e. The molecule has 1 aromatic rings. The number of rotatable bonds is 8. The summed E-state index contributed by atoms with van der Waals surface area (Å²) in [6.07, 6.45) is 0. The van der Waals surface area contributed by atoms with Crippen LogP contribution in [0.2, 0.25) is 5.02 Å². The Morgan fingerprint density at radius 2 is 2.10 bits per heavy atom. The van der Waals surface area contributed by atoms with E-state index >= 15 is 0 Å². The van der Waals surface area contributed by atoms with E-state index in [1.165, 1.54) is 0 Å². The van der Waals surface area contributed by atoms with Gasteiger partial charge in [-0.1, -0.05) is 25.4 Å². The number of hydrogen-bond acceptors (Lipinski definition) is 3. The maximum atomic E-state index is 11.7. The van der Waals surface area contributed by atoms with Gasteiger partial charge >= 0.3 is 0 Å². The highest BCUT2D eigenvalue weighted by Crippen LogP contribution is 2.23. The Labute approximate surface area is 132 Å². The first-order chi connectivity index (χ1) is 9.93. The van der Waals surface area contributed by atoms with E-state index in [2.05, 4.69) is 24.5 Å². The number of carbonyl (C=O) groups excluding carboxylic acids is 1. The molecule has 0 atom stereocenters. The van der Waals surface area contributed by atoms with Crippen molar-refractivity contribution in [3.8, 4) is 0 Å². The zero-order valence-electron chi connectivity index (χ0n) is 13.4. The van der Waals surface area contributed by atoms with Gasteiger partial charge in [-0.05, 0) is 43.1 Å². The molecule has 0 aliphatic carbocycles. The van der Waals surface area contributed by atoms with Gasteiger partial charge in [0.2, 0.25) is 5.91 Å². The third kappa shape index (κ3) is 6.36. The molecule has 0 aromatic heterocycles. The molecular formula is C16H26ClN3O. The minimum atomic E-state index is 0.0241. The normalized spacial score (nSPS) is 10.8. The van der Waals surface area contributed by atoms with Gasteiger partial charge in [-0.15, -0.1) is 0 Å². The summed E-state index contributed by atoms with van der Waals surface area (Å²) in [5, 5.41) is 6.94. The lowest BCUT2D eigenvalue weighted by atomic mass is 10.1. The first kappa shape index (κ1) is 17.8. The van der Waals surface area contributed by atoms with E-state index < -0.39 is 0 Å². The van der Waals surface area contributed by atoms with Crippen LogP contribution >= 0.6 is 11.6 Å². The fourth-order valence-corrected chi connectivity index (χ4v) is 2.31. The number of nitrogens with one attached hydrogen (secondary N) is 2. The highest BCUT2D eigenvalue weighted by atomic mass is 35.5. The van der Waals surface area contributed by atoms with E-state index in [0.29, 0.717) is 24.0 Å². The van der Waals surface area contributed by atoms with Crippen molar-refractivity contribution in [2.75, 3.05) is 31.6 Å². The van der Waals surface area contributed by atoms with Crippen LogP contribution in [0.15, 0.2) is 18.2 Å². The molecule has 0 bridgehead atoms.